The molecule has 36 heavy (non-hydrogen) atoms. The van der Waals surface area contributed by atoms with Crippen LogP contribution in [-0.2, 0) is 4.74 Å². The fourth-order valence-electron chi connectivity index (χ4n) is 5.72. The van der Waals surface area contributed by atoms with E-state index < -0.39 is 23.4 Å². The second-order valence-electron chi connectivity index (χ2n) is 9.97. The summed E-state index contributed by atoms with van der Waals surface area (Å²) in [6.07, 6.45) is 9.99. The van der Waals surface area contributed by atoms with Crippen molar-refractivity contribution >= 4 is 5.97 Å². The van der Waals surface area contributed by atoms with Crippen LogP contribution in [0.5, 0.6) is 5.75 Å². The molecule has 0 saturated heterocycles. The number of carbonyl (C=O) groups excluding carboxylic acids is 1. The highest BCUT2D eigenvalue weighted by Gasteiger charge is 2.30. The van der Waals surface area contributed by atoms with Gasteiger partial charge in [0.05, 0.1) is 12.2 Å². The maximum absolute atomic E-state index is 15.1. The molecule has 0 radical (unpaired) electrons. The number of hydrogen-bond donors (Lipinski definition) is 0. The quantitative estimate of drug-likeness (QED) is 0.284. The molecule has 0 heterocycles. The summed E-state index contributed by atoms with van der Waals surface area (Å²) in [6.45, 7) is 4.10. The predicted octanol–water partition coefficient (Wildman–Crippen LogP) is 8.24. The fraction of sp³-hybridized carbons (Fsp3) is 0.500. The number of halogens is 3. The van der Waals surface area contributed by atoms with Crippen molar-refractivity contribution in [3.8, 4) is 5.75 Å². The number of rotatable bonds is 7. The van der Waals surface area contributed by atoms with E-state index in [1.165, 1.54) is 12.1 Å². The van der Waals surface area contributed by atoms with E-state index in [0.717, 1.165) is 31.7 Å². The molecular weight excluding hydrogens is 465 g/mol. The van der Waals surface area contributed by atoms with Crippen LogP contribution in [0.4, 0.5) is 13.2 Å². The molecule has 0 atom stereocenters. The molecule has 194 valence electrons. The molecule has 0 bridgehead atoms. The number of benzene rings is 2. The van der Waals surface area contributed by atoms with E-state index >= 15 is 8.78 Å². The Morgan fingerprint density at radius 1 is 0.889 bits per heavy atom. The molecule has 0 spiro atoms. The summed E-state index contributed by atoms with van der Waals surface area (Å²) >= 11 is 0. The Balaban J connectivity index is 1.34. The lowest BCUT2D eigenvalue weighted by atomic mass is 9.77. The average molecular weight is 501 g/mol. The van der Waals surface area contributed by atoms with Gasteiger partial charge < -0.3 is 9.47 Å². The van der Waals surface area contributed by atoms with Gasteiger partial charge in [-0.25, -0.2) is 18.0 Å². The monoisotopic (exact) mass is 500 g/mol. The van der Waals surface area contributed by atoms with E-state index in [2.05, 4.69) is 12.2 Å². The van der Waals surface area contributed by atoms with Gasteiger partial charge in [-0.1, -0.05) is 24.3 Å². The smallest absolute Gasteiger partial charge is 0.338 e. The number of allylic oxidation sites excluding steroid dienone is 2. The Morgan fingerprint density at radius 2 is 1.47 bits per heavy atom. The molecule has 2 saturated carbocycles. The summed E-state index contributed by atoms with van der Waals surface area (Å²) in [6, 6.07) is 7.55. The van der Waals surface area contributed by atoms with Gasteiger partial charge in [-0.3, -0.25) is 0 Å². The molecule has 2 aliphatic carbocycles. The van der Waals surface area contributed by atoms with Crippen LogP contribution in [0.25, 0.3) is 0 Å². The number of ether oxygens (including phenoxy) is 2. The van der Waals surface area contributed by atoms with Crippen LogP contribution in [0.3, 0.4) is 0 Å². The van der Waals surface area contributed by atoms with Gasteiger partial charge in [0.2, 0.25) is 0 Å². The van der Waals surface area contributed by atoms with Crippen molar-refractivity contribution in [1.29, 1.82) is 0 Å². The molecule has 6 heteroatoms. The Bertz CT molecular complexity index is 1080. The maximum atomic E-state index is 15.1. The van der Waals surface area contributed by atoms with Crippen molar-refractivity contribution in [2.24, 2.45) is 5.92 Å². The molecule has 2 aromatic rings. The molecule has 0 unspecified atom stereocenters. The van der Waals surface area contributed by atoms with Gasteiger partial charge in [0, 0.05) is 0 Å². The van der Waals surface area contributed by atoms with Crippen LogP contribution < -0.4 is 4.74 Å². The molecular formula is C30H35F3O3. The lowest BCUT2D eigenvalue weighted by Crippen LogP contribution is -2.24. The minimum Gasteiger partial charge on any atom is -0.491 e. The summed E-state index contributed by atoms with van der Waals surface area (Å²) < 4.78 is 55.0. The SMILES string of the molecule is CC=CC1CCC(c2ccc(C3CCC(OC(=O)c4ccc(OCC)c(F)c4)CC3)c(F)c2F)CC1. The van der Waals surface area contributed by atoms with Crippen LogP contribution in [0.1, 0.15) is 98.5 Å². The molecule has 2 aliphatic rings. The highest BCUT2D eigenvalue weighted by molar-refractivity contribution is 5.89. The molecule has 0 aliphatic heterocycles. The van der Waals surface area contributed by atoms with Crippen molar-refractivity contribution in [3.63, 3.8) is 0 Å². The normalized spacial score (nSPS) is 24.6. The summed E-state index contributed by atoms with van der Waals surface area (Å²) in [5.74, 6) is -2.05. The molecule has 0 N–H and O–H groups in total. The summed E-state index contributed by atoms with van der Waals surface area (Å²) in [7, 11) is 0. The maximum Gasteiger partial charge on any atom is 0.338 e. The van der Waals surface area contributed by atoms with Gasteiger partial charge in [-0.15, -0.1) is 0 Å². The van der Waals surface area contributed by atoms with Crippen molar-refractivity contribution in [3.05, 3.63) is 76.6 Å². The zero-order valence-electron chi connectivity index (χ0n) is 21.1. The third-order valence-corrected chi connectivity index (χ3v) is 7.67. The largest absolute Gasteiger partial charge is 0.491 e. The first-order valence-corrected chi connectivity index (χ1v) is 13.1. The topological polar surface area (TPSA) is 35.5 Å². The number of esters is 1. The third kappa shape index (κ3) is 5.96. The van der Waals surface area contributed by atoms with E-state index in [4.69, 9.17) is 9.47 Å². The highest BCUT2D eigenvalue weighted by Crippen LogP contribution is 2.41. The summed E-state index contributed by atoms with van der Waals surface area (Å²) in [5.41, 5.74) is 1.04. The van der Waals surface area contributed by atoms with E-state index in [1.54, 1.807) is 19.1 Å². The minimum absolute atomic E-state index is 0.0673. The summed E-state index contributed by atoms with van der Waals surface area (Å²) in [4.78, 5) is 12.5. The van der Waals surface area contributed by atoms with Crippen LogP contribution >= 0.6 is 0 Å². The second kappa shape index (κ2) is 12.0. The minimum atomic E-state index is -0.728. The van der Waals surface area contributed by atoms with Gasteiger partial charge in [0.1, 0.15) is 6.10 Å². The molecule has 2 aromatic carbocycles. The van der Waals surface area contributed by atoms with E-state index in [-0.39, 0.29) is 29.3 Å². The predicted molar refractivity (Wildman–Crippen MR) is 134 cm³/mol. The molecule has 3 nitrogen and oxygen atoms in total. The summed E-state index contributed by atoms with van der Waals surface area (Å²) in [5, 5.41) is 0. The zero-order chi connectivity index (χ0) is 25.7. The van der Waals surface area contributed by atoms with E-state index in [0.29, 0.717) is 49.3 Å². The number of carbonyl (C=O) groups is 1. The second-order valence-corrected chi connectivity index (χ2v) is 9.97. The van der Waals surface area contributed by atoms with Gasteiger partial charge in [-0.2, -0.15) is 0 Å². The van der Waals surface area contributed by atoms with E-state index in [9.17, 15) is 9.18 Å². The van der Waals surface area contributed by atoms with Crippen LogP contribution in [0.2, 0.25) is 0 Å². The highest BCUT2D eigenvalue weighted by atomic mass is 19.2. The zero-order valence-corrected chi connectivity index (χ0v) is 21.1. The first kappa shape index (κ1) is 26.3. The van der Waals surface area contributed by atoms with Crippen molar-refractivity contribution < 1.29 is 27.4 Å². The third-order valence-electron chi connectivity index (χ3n) is 7.67. The molecule has 4 rings (SSSR count). The van der Waals surface area contributed by atoms with Gasteiger partial charge in [0.15, 0.2) is 23.2 Å². The Hall–Kier alpha value is -2.76. The first-order chi connectivity index (χ1) is 17.4. The lowest BCUT2D eigenvalue weighted by molar-refractivity contribution is 0.0193. The Morgan fingerprint density at radius 3 is 2.00 bits per heavy atom. The van der Waals surface area contributed by atoms with Crippen LogP contribution in [0, 0.1) is 23.4 Å². The van der Waals surface area contributed by atoms with Gasteiger partial charge in [0.25, 0.3) is 0 Å². The van der Waals surface area contributed by atoms with Crippen molar-refractivity contribution in [1.82, 2.24) is 0 Å². The number of hydrogen-bond acceptors (Lipinski definition) is 3. The average Bonchev–Trinajstić information content (AvgIpc) is 2.88. The van der Waals surface area contributed by atoms with Gasteiger partial charge in [-0.05, 0) is 112 Å². The molecule has 0 aromatic heterocycles. The Kier molecular flexibility index (Phi) is 8.76. The first-order valence-electron chi connectivity index (χ1n) is 13.1. The van der Waals surface area contributed by atoms with Crippen molar-refractivity contribution in [2.75, 3.05) is 6.61 Å². The fourth-order valence-corrected chi connectivity index (χ4v) is 5.72. The van der Waals surface area contributed by atoms with Crippen LogP contribution in [0.15, 0.2) is 42.5 Å². The Labute approximate surface area is 211 Å². The van der Waals surface area contributed by atoms with E-state index in [1.807, 2.05) is 6.92 Å². The van der Waals surface area contributed by atoms with Crippen molar-refractivity contribution in [2.45, 2.75) is 83.2 Å². The standard InChI is InChI=1S/C30H35F3O3/c1-3-5-19-6-8-20(9-7-19)24-15-16-25(29(33)28(24)32)21-10-13-23(14-11-21)36-30(34)22-12-17-27(35-4-2)26(31)18-22/h3,5,12,15-21,23H,4,6-11,13-14H2,1-2H3. The molecule has 0 amide bonds. The molecule has 2 fully saturated rings. The van der Waals surface area contributed by atoms with Crippen LogP contribution in [-0.4, -0.2) is 18.7 Å². The van der Waals surface area contributed by atoms with Gasteiger partial charge >= 0.3 is 5.97 Å². The lowest BCUT2D eigenvalue weighted by Gasteiger charge is -2.30.